The van der Waals surface area contributed by atoms with Gasteiger partial charge >= 0.3 is 0 Å². The van der Waals surface area contributed by atoms with Crippen molar-refractivity contribution in [2.75, 3.05) is 26.4 Å². The zero-order valence-electron chi connectivity index (χ0n) is 58.6. The smallest absolute Gasteiger partial charge is 0.220 e. The molecule has 17 atom stereocenters. The van der Waals surface area contributed by atoms with E-state index in [1.807, 2.05) is 0 Å². The van der Waals surface area contributed by atoms with Gasteiger partial charge in [0.05, 0.1) is 38.6 Å². The molecule has 3 saturated heterocycles. The Morgan fingerprint density at radius 3 is 1.14 bits per heavy atom. The van der Waals surface area contributed by atoms with E-state index in [9.17, 15) is 61.0 Å². The van der Waals surface area contributed by atoms with Crippen LogP contribution in [0.2, 0.25) is 0 Å². The fourth-order valence-corrected chi connectivity index (χ4v) is 12.5. The van der Waals surface area contributed by atoms with Crippen LogP contribution in [0.3, 0.4) is 0 Å². The third-order valence-corrected chi connectivity index (χ3v) is 18.5. The first-order valence-electron chi connectivity index (χ1n) is 37.7. The number of hydrogen-bond acceptors (Lipinski definition) is 18. The second-order valence-electron chi connectivity index (χ2n) is 26.7. The van der Waals surface area contributed by atoms with Crippen molar-refractivity contribution in [1.29, 1.82) is 0 Å². The Morgan fingerprint density at radius 1 is 0.389 bits per heavy atom. The molecule has 0 saturated carbocycles. The predicted molar refractivity (Wildman–Crippen MR) is 374 cm³/mol. The fraction of sp³-hybridized carbons (Fsp3) is 0.829. The van der Waals surface area contributed by atoms with E-state index in [0.29, 0.717) is 12.8 Å². The van der Waals surface area contributed by atoms with Gasteiger partial charge in [-0.1, -0.05) is 273 Å². The quantitative estimate of drug-likeness (QED) is 0.0199. The Morgan fingerprint density at radius 2 is 0.726 bits per heavy atom. The van der Waals surface area contributed by atoms with Gasteiger partial charge in [0.25, 0.3) is 0 Å². The molecule has 12 N–H and O–H groups in total. The van der Waals surface area contributed by atoms with E-state index in [-0.39, 0.29) is 18.9 Å². The van der Waals surface area contributed by atoms with Gasteiger partial charge in [-0.05, 0) is 64.2 Å². The standard InChI is InChI=1S/C76H135NO18/c1-3-5-7-9-11-13-15-17-19-21-23-24-25-26-27-28-29-30-31-32-33-34-36-38-40-42-44-46-48-50-52-54-64(82)77-59(60(81)53-51-49-47-45-43-41-39-37-35-22-20-18-16-14-12-10-8-6-4-2)58-90-74-70(88)67(85)72(62(56-79)92-74)95-76-71(89)68(86)73(63(57-80)93-76)94-75-69(87)66(84)65(83)61(55-78)91-75/h5,7,11,13,17,19,23-24,26-27,29-30,59-63,65-76,78-81,83-89H,3-4,6,8-10,12,14-16,18,20-22,25,28,31-58H2,1-2H3,(H,77,82)/b7-5-,13-11-,19-17-,24-23-,27-26-,30-29-. The van der Waals surface area contributed by atoms with Crippen LogP contribution in [0.5, 0.6) is 0 Å². The lowest BCUT2D eigenvalue weighted by molar-refractivity contribution is -0.379. The summed E-state index contributed by atoms with van der Waals surface area (Å²) in [5.41, 5.74) is 0. The number of carbonyl (C=O) groups excluding carboxylic acids is 1. The molecule has 95 heavy (non-hydrogen) atoms. The second-order valence-corrected chi connectivity index (χ2v) is 26.7. The van der Waals surface area contributed by atoms with Crippen molar-refractivity contribution in [3.05, 3.63) is 72.9 Å². The lowest BCUT2D eigenvalue weighted by atomic mass is 9.96. The molecule has 3 aliphatic heterocycles. The molecule has 19 heteroatoms. The van der Waals surface area contributed by atoms with Gasteiger partial charge in [-0.3, -0.25) is 4.79 Å². The molecule has 3 heterocycles. The largest absolute Gasteiger partial charge is 0.394 e. The average Bonchev–Trinajstić information content (AvgIpc) is 0.787. The number of aliphatic hydroxyl groups excluding tert-OH is 11. The summed E-state index contributed by atoms with van der Waals surface area (Å²) in [5.74, 6) is -0.245. The molecule has 3 fully saturated rings. The molecular formula is C76H135NO18. The Kier molecular flexibility index (Phi) is 51.8. The van der Waals surface area contributed by atoms with Gasteiger partial charge in [0.2, 0.25) is 5.91 Å². The third-order valence-electron chi connectivity index (χ3n) is 18.5. The summed E-state index contributed by atoms with van der Waals surface area (Å²) in [5, 5.41) is 121. The summed E-state index contributed by atoms with van der Waals surface area (Å²) < 4.78 is 34.5. The fourth-order valence-electron chi connectivity index (χ4n) is 12.5. The zero-order chi connectivity index (χ0) is 68.9. The summed E-state index contributed by atoms with van der Waals surface area (Å²) >= 11 is 0. The van der Waals surface area contributed by atoms with Crippen molar-refractivity contribution in [3.63, 3.8) is 0 Å². The maximum atomic E-state index is 13.5. The van der Waals surface area contributed by atoms with E-state index in [2.05, 4.69) is 92.1 Å². The highest BCUT2D eigenvalue weighted by atomic mass is 16.8. The van der Waals surface area contributed by atoms with Crippen molar-refractivity contribution in [3.8, 4) is 0 Å². The van der Waals surface area contributed by atoms with Gasteiger partial charge in [0, 0.05) is 6.42 Å². The molecule has 0 spiro atoms. The van der Waals surface area contributed by atoms with Crippen LogP contribution in [0.1, 0.15) is 271 Å². The first-order chi connectivity index (χ1) is 46.3. The highest BCUT2D eigenvalue weighted by Crippen LogP contribution is 2.33. The van der Waals surface area contributed by atoms with Crippen LogP contribution in [-0.4, -0.2) is 193 Å². The first kappa shape index (κ1) is 86.5. The van der Waals surface area contributed by atoms with Gasteiger partial charge in [0.1, 0.15) is 73.2 Å². The maximum absolute atomic E-state index is 13.5. The first-order valence-corrected chi connectivity index (χ1v) is 37.7. The van der Waals surface area contributed by atoms with E-state index in [1.165, 1.54) is 148 Å². The highest BCUT2D eigenvalue weighted by Gasteiger charge is 2.53. The molecule has 1 amide bonds. The van der Waals surface area contributed by atoms with Crippen molar-refractivity contribution < 1.29 is 89.4 Å². The number of carbonyl (C=O) groups is 1. The number of hydrogen-bond donors (Lipinski definition) is 12. The van der Waals surface area contributed by atoms with Crippen molar-refractivity contribution in [2.45, 2.75) is 375 Å². The molecule has 19 nitrogen and oxygen atoms in total. The molecule has 17 unspecified atom stereocenters. The minimum Gasteiger partial charge on any atom is -0.394 e. The highest BCUT2D eigenvalue weighted by molar-refractivity contribution is 5.76. The van der Waals surface area contributed by atoms with Crippen LogP contribution in [0.4, 0.5) is 0 Å². The third kappa shape index (κ3) is 38.0. The van der Waals surface area contributed by atoms with E-state index < -0.39 is 124 Å². The lowest BCUT2D eigenvalue weighted by Gasteiger charge is -2.48. The van der Waals surface area contributed by atoms with Gasteiger partial charge in [0.15, 0.2) is 18.9 Å². The van der Waals surface area contributed by atoms with Crippen LogP contribution in [0.15, 0.2) is 72.9 Å². The van der Waals surface area contributed by atoms with Crippen molar-refractivity contribution in [1.82, 2.24) is 5.32 Å². The monoisotopic (exact) mass is 1350 g/mol. The SMILES string of the molecule is CC/C=C\C/C=C\C/C=C\C/C=C\C/C=C\C/C=C\CCCCCCCCCCCCCCC(=O)NC(COC1OC(CO)C(OC2OC(CO)C(OC3OC(CO)C(O)C(O)C3O)C(O)C2O)C(O)C1O)C(O)CCCCCCCCCCCCCCCCCCCCC. The molecule has 0 aromatic heterocycles. The number of ether oxygens (including phenoxy) is 6. The normalized spacial score (nSPS) is 27.6. The molecule has 0 radical (unpaired) electrons. The van der Waals surface area contributed by atoms with Gasteiger partial charge < -0.3 is 89.9 Å². The summed E-state index contributed by atoms with van der Waals surface area (Å²) in [6.45, 7) is 1.70. The zero-order valence-corrected chi connectivity index (χ0v) is 58.6. The second kappa shape index (κ2) is 56.9. The van der Waals surface area contributed by atoms with E-state index in [0.717, 1.165) is 89.9 Å². The Balaban J connectivity index is 1.38. The molecule has 0 aromatic carbocycles. The Hall–Kier alpha value is -2.77. The van der Waals surface area contributed by atoms with Crippen LogP contribution >= 0.6 is 0 Å². The minimum absolute atomic E-state index is 0.245. The number of allylic oxidation sites excluding steroid dienone is 12. The summed E-state index contributed by atoms with van der Waals surface area (Å²) in [6, 6.07) is -0.893. The number of rotatable bonds is 58. The van der Waals surface area contributed by atoms with Gasteiger partial charge in [-0.15, -0.1) is 0 Å². The molecular weight excluding hydrogens is 1210 g/mol. The number of aliphatic hydroxyl groups is 11. The molecule has 552 valence electrons. The van der Waals surface area contributed by atoms with E-state index >= 15 is 0 Å². The number of amides is 1. The van der Waals surface area contributed by atoms with Gasteiger partial charge in [-0.25, -0.2) is 0 Å². The van der Waals surface area contributed by atoms with Gasteiger partial charge in [-0.2, -0.15) is 0 Å². The maximum Gasteiger partial charge on any atom is 0.220 e. The topological polar surface area (TPSA) is 307 Å². The molecule has 3 rings (SSSR count). The Bertz CT molecular complexity index is 2000. The molecule has 0 bridgehead atoms. The number of nitrogens with one attached hydrogen (secondary N) is 1. The van der Waals surface area contributed by atoms with E-state index in [4.69, 9.17) is 28.4 Å². The predicted octanol–water partition coefficient (Wildman–Crippen LogP) is 11.3. The summed E-state index contributed by atoms with van der Waals surface area (Å²) in [7, 11) is 0. The molecule has 0 aliphatic carbocycles. The number of unbranched alkanes of at least 4 members (excludes halogenated alkanes) is 30. The van der Waals surface area contributed by atoms with Crippen LogP contribution in [0, 0.1) is 0 Å². The van der Waals surface area contributed by atoms with Crippen molar-refractivity contribution >= 4 is 5.91 Å². The lowest BCUT2D eigenvalue weighted by Crippen LogP contribution is -2.66. The average molecular weight is 1350 g/mol. The van der Waals surface area contributed by atoms with Crippen molar-refractivity contribution in [2.24, 2.45) is 0 Å². The van der Waals surface area contributed by atoms with E-state index in [1.54, 1.807) is 0 Å². The van der Waals surface area contributed by atoms with Crippen LogP contribution in [-0.2, 0) is 33.2 Å². The van der Waals surface area contributed by atoms with Crippen LogP contribution in [0.25, 0.3) is 0 Å². The minimum atomic E-state index is -1.97. The van der Waals surface area contributed by atoms with Crippen LogP contribution < -0.4 is 5.32 Å². The molecule has 0 aromatic rings. The summed E-state index contributed by atoms with van der Waals surface area (Å²) in [4.78, 5) is 13.5. The Labute approximate surface area is 572 Å². The molecule has 3 aliphatic rings. The summed E-state index contributed by atoms with van der Waals surface area (Å²) in [6.07, 6.45) is 45.4.